The maximum atomic E-state index is 13.3. The zero-order chi connectivity index (χ0) is 18.9. The maximum Gasteiger partial charge on any atom is 0.416 e. The lowest BCUT2D eigenvalue weighted by atomic mass is 10.1. The lowest BCUT2D eigenvalue weighted by molar-refractivity contribution is -0.137. The highest BCUT2D eigenvalue weighted by molar-refractivity contribution is 6.34. The van der Waals surface area contributed by atoms with Gasteiger partial charge in [-0.05, 0) is 30.3 Å². The Morgan fingerprint density at radius 1 is 1.08 bits per heavy atom. The van der Waals surface area contributed by atoms with Gasteiger partial charge in [-0.1, -0.05) is 11.6 Å². The average Bonchev–Trinajstić information content (AvgIpc) is 2.49. The molecule has 0 saturated heterocycles. The molecule has 0 aliphatic heterocycles. The molecule has 0 aromatic heterocycles. The van der Waals surface area contributed by atoms with Crippen molar-refractivity contribution in [3.63, 3.8) is 0 Å². The molecule has 1 amide bonds. The van der Waals surface area contributed by atoms with Gasteiger partial charge in [0.2, 0.25) is 0 Å². The molecule has 0 unspecified atom stereocenters. The Bertz CT molecular complexity index is 821. The Labute approximate surface area is 145 Å². The van der Waals surface area contributed by atoms with E-state index >= 15 is 0 Å². The third-order valence-electron chi connectivity index (χ3n) is 3.31. The number of rotatable bonds is 3. The number of hydrogen-bond donors (Lipinski definition) is 1. The van der Waals surface area contributed by atoms with Crippen LogP contribution in [0, 0.1) is 11.6 Å². The summed E-state index contributed by atoms with van der Waals surface area (Å²) in [6.45, 7) is 0. The van der Waals surface area contributed by atoms with E-state index in [4.69, 9.17) is 11.6 Å². The number of carbonyl (C=O) groups excluding carboxylic acids is 1. The fraction of sp³-hybridized carbons (Fsp3) is 0.188. The molecule has 1 N–H and O–H groups in total. The highest BCUT2D eigenvalue weighted by Crippen LogP contribution is 2.35. The van der Waals surface area contributed by atoms with E-state index in [1.54, 1.807) is 14.1 Å². The summed E-state index contributed by atoms with van der Waals surface area (Å²) in [5.74, 6) is -3.51. The van der Waals surface area contributed by atoms with Crippen LogP contribution in [0.15, 0.2) is 30.3 Å². The summed E-state index contributed by atoms with van der Waals surface area (Å²) in [7, 11) is 3.14. The van der Waals surface area contributed by atoms with E-state index < -0.39 is 34.8 Å². The van der Waals surface area contributed by atoms with Gasteiger partial charge in [-0.25, -0.2) is 8.78 Å². The van der Waals surface area contributed by atoms with E-state index in [9.17, 15) is 26.7 Å². The van der Waals surface area contributed by atoms with Crippen LogP contribution in [0.4, 0.5) is 33.3 Å². The first-order valence-electron chi connectivity index (χ1n) is 6.85. The van der Waals surface area contributed by atoms with Crippen LogP contribution in [-0.4, -0.2) is 20.0 Å². The molecule has 0 atom stereocenters. The summed E-state index contributed by atoms with van der Waals surface area (Å²) in [4.78, 5) is 13.7. The number of halogens is 6. The van der Waals surface area contributed by atoms with Crippen LogP contribution in [0.1, 0.15) is 15.9 Å². The second kappa shape index (κ2) is 6.87. The lowest BCUT2D eigenvalue weighted by Crippen LogP contribution is -2.18. The van der Waals surface area contributed by atoms with E-state index in [0.29, 0.717) is 17.8 Å². The minimum Gasteiger partial charge on any atom is -0.376 e. The average molecular weight is 379 g/mol. The molecule has 0 bridgehead atoms. The molecule has 0 radical (unpaired) electrons. The summed E-state index contributed by atoms with van der Waals surface area (Å²) in [6, 6.07) is 4.00. The summed E-state index contributed by atoms with van der Waals surface area (Å²) in [5.41, 5.74) is -1.22. The van der Waals surface area contributed by atoms with Crippen LogP contribution in [-0.2, 0) is 6.18 Å². The van der Waals surface area contributed by atoms with Crippen molar-refractivity contribution < 1.29 is 26.7 Å². The first-order chi connectivity index (χ1) is 11.5. The molecule has 134 valence electrons. The van der Waals surface area contributed by atoms with Gasteiger partial charge in [-0.3, -0.25) is 4.79 Å². The number of anilines is 2. The Morgan fingerprint density at radius 3 is 2.24 bits per heavy atom. The molecule has 0 fully saturated rings. The van der Waals surface area contributed by atoms with Gasteiger partial charge in [-0.15, -0.1) is 0 Å². The Balaban J connectivity index is 2.44. The first kappa shape index (κ1) is 19.0. The zero-order valence-electron chi connectivity index (χ0n) is 13.0. The SMILES string of the molecule is CN(C)c1ccc(C(F)(F)F)cc1NC(=O)c1cc(F)c(F)cc1Cl. The molecule has 2 rings (SSSR count). The number of hydrogen-bond acceptors (Lipinski definition) is 2. The zero-order valence-corrected chi connectivity index (χ0v) is 13.8. The highest BCUT2D eigenvalue weighted by Gasteiger charge is 2.31. The van der Waals surface area contributed by atoms with Gasteiger partial charge in [0.05, 0.1) is 27.5 Å². The molecule has 2 aromatic rings. The van der Waals surface area contributed by atoms with E-state index in [1.165, 1.54) is 11.0 Å². The van der Waals surface area contributed by atoms with Crippen LogP contribution >= 0.6 is 11.6 Å². The minimum absolute atomic E-state index is 0.148. The summed E-state index contributed by atoms with van der Waals surface area (Å²) in [5, 5.41) is 1.89. The quantitative estimate of drug-likeness (QED) is 0.605. The van der Waals surface area contributed by atoms with Gasteiger partial charge in [0, 0.05) is 14.1 Å². The van der Waals surface area contributed by atoms with Crippen molar-refractivity contribution in [3.05, 3.63) is 58.1 Å². The fourth-order valence-electron chi connectivity index (χ4n) is 2.09. The van der Waals surface area contributed by atoms with Crippen molar-refractivity contribution in [3.8, 4) is 0 Å². The van der Waals surface area contributed by atoms with E-state index in [1.807, 2.05) is 0 Å². The molecule has 0 aliphatic rings. The van der Waals surface area contributed by atoms with Crippen molar-refractivity contribution in [2.24, 2.45) is 0 Å². The predicted octanol–water partition coefficient (Wildman–Crippen LogP) is 4.96. The number of amides is 1. The lowest BCUT2D eigenvalue weighted by Gasteiger charge is -2.20. The van der Waals surface area contributed by atoms with Gasteiger partial charge in [0.1, 0.15) is 0 Å². The van der Waals surface area contributed by atoms with E-state index in [0.717, 1.165) is 12.1 Å². The summed E-state index contributed by atoms with van der Waals surface area (Å²) >= 11 is 5.71. The highest BCUT2D eigenvalue weighted by atomic mass is 35.5. The Hall–Kier alpha value is -2.35. The third kappa shape index (κ3) is 4.19. The number of nitrogens with one attached hydrogen (secondary N) is 1. The second-order valence-corrected chi connectivity index (χ2v) is 5.73. The van der Waals surface area contributed by atoms with Crippen LogP contribution < -0.4 is 10.2 Å². The number of alkyl halides is 3. The van der Waals surface area contributed by atoms with E-state index in [2.05, 4.69) is 5.32 Å². The smallest absolute Gasteiger partial charge is 0.376 e. The van der Waals surface area contributed by atoms with Crippen molar-refractivity contribution in [2.45, 2.75) is 6.18 Å². The van der Waals surface area contributed by atoms with Gasteiger partial charge >= 0.3 is 6.18 Å². The van der Waals surface area contributed by atoms with Crippen LogP contribution in [0.3, 0.4) is 0 Å². The molecular formula is C16H12ClF5N2O. The van der Waals surface area contributed by atoms with Gasteiger partial charge in [0.25, 0.3) is 5.91 Å². The molecule has 0 heterocycles. The summed E-state index contributed by atoms with van der Waals surface area (Å²) < 4.78 is 65.0. The second-order valence-electron chi connectivity index (χ2n) is 5.32. The van der Waals surface area contributed by atoms with E-state index in [-0.39, 0.29) is 10.7 Å². The molecule has 0 saturated carbocycles. The third-order valence-corrected chi connectivity index (χ3v) is 3.62. The molecule has 2 aromatic carbocycles. The van der Waals surface area contributed by atoms with Crippen LogP contribution in [0.25, 0.3) is 0 Å². The normalized spacial score (nSPS) is 11.4. The molecular weight excluding hydrogens is 367 g/mol. The molecule has 3 nitrogen and oxygen atoms in total. The molecule has 25 heavy (non-hydrogen) atoms. The molecule has 0 spiro atoms. The first-order valence-corrected chi connectivity index (χ1v) is 7.23. The summed E-state index contributed by atoms with van der Waals surface area (Å²) in [6.07, 6.45) is -4.61. The fourth-order valence-corrected chi connectivity index (χ4v) is 2.32. The molecule has 0 aliphatic carbocycles. The van der Waals surface area contributed by atoms with Gasteiger partial charge < -0.3 is 10.2 Å². The van der Waals surface area contributed by atoms with Crippen molar-refractivity contribution in [1.29, 1.82) is 0 Å². The monoisotopic (exact) mass is 378 g/mol. The van der Waals surface area contributed by atoms with Gasteiger partial charge in [0.15, 0.2) is 11.6 Å². The van der Waals surface area contributed by atoms with Gasteiger partial charge in [-0.2, -0.15) is 13.2 Å². The topological polar surface area (TPSA) is 32.3 Å². The number of carbonyl (C=O) groups is 1. The maximum absolute atomic E-state index is 13.3. The number of nitrogens with zero attached hydrogens (tertiary/aromatic N) is 1. The van der Waals surface area contributed by atoms with Crippen molar-refractivity contribution >= 4 is 28.9 Å². The van der Waals surface area contributed by atoms with Crippen molar-refractivity contribution in [1.82, 2.24) is 0 Å². The Kier molecular flexibility index (Phi) is 5.22. The molecule has 9 heteroatoms. The van der Waals surface area contributed by atoms with Crippen LogP contribution in [0.2, 0.25) is 5.02 Å². The largest absolute Gasteiger partial charge is 0.416 e. The van der Waals surface area contributed by atoms with Crippen molar-refractivity contribution in [2.75, 3.05) is 24.3 Å². The van der Waals surface area contributed by atoms with Crippen LogP contribution in [0.5, 0.6) is 0 Å². The standard InChI is InChI=1S/C16H12ClF5N2O/c1-24(2)14-4-3-8(16(20,21)22)5-13(14)23-15(25)9-6-11(18)12(19)7-10(9)17/h3-7H,1-2H3,(H,23,25). The predicted molar refractivity (Wildman–Crippen MR) is 85.1 cm³/mol. The minimum atomic E-state index is -4.61. The number of benzene rings is 2. The Morgan fingerprint density at radius 2 is 1.68 bits per heavy atom.